The lowest BCUT2D eigenvalue weighted by atomic mass is 10.2. The lowest BCUT2D eigenvalue weighted by Crippen LogP contribution is -2.13. The third kappa shape index (κ3) is 5.27. The van der Waals surface area contributed by atoms with Gasteiger partial charge in [-0.3, -0.25) is 4.72 Å². The summed E-state index contributed by atoms with van der Waals surface area (Å²) >= 11 is 0. The van der Waals surface area contributed by atoms with Crippen LogP contribution in [-0.4, -0.2) is 34.8 Å². The monoisotopic (exact) mass is 493 g/mol. The molecule has 35 heavy (non-hydrogen) atoms. The predicted octanol–water partition coefficient (Wildman–Crippen LogP) is 4.89. The van der Waals surface area contributed by atoms with Crippen LogP contribution < -0.4 is 14.2 Å². The molecule has 0 atom stereocenters. The van der Waals surface area contributed by atoms with Crippen molar-refractivity contribution >= 4 is 15.7 Å². The van der Waals surface area contributed by atoms with Gasteiger partial charge in [-0.25, -0.2) is 23.1 Å². The third-order valence-corrected chi connectivity index (χ3v) is 6.96. The fourth-order valence-electron chi connectivity index (χ4n) is 3.48. The molecule has 1 N–H and O–H groups in total. The largest absolute Gasteiger partial charge is 0.494 e. The smallest absolute Gasteiger partial charge is 0.261 e. The van der Waals surface area contributed by atoms with Crippen molar-refractivity contribution in [2.75, 3.05) is 11.3 Å². The molecule has 0 fully saturated rings. The molecule has 2 heterocycles. The lowest BCUT2D eigenvalue weighted by Gasteiger charge is -2.12. The standard InChI is InChI=1S/C25H27N5O4S/c1-6-33-23-12-11-22(13-16(23)2)35(31,32)29-20-7-9-21(10-8-20)34-25-14-24(26-15-27-25)30-19(5)17(3)18(4)28-30/h7-15,29H,6H2,1-5H3. The van der Waals surface area contributed by atoms with Crippen molar-refractivity contribution in [2.45, 2.75) is 39.5 Å². The lowest BCUT2D eigenvalue weighted by molar-refractivity contribution is 0.337. The van der Waals surface area contributed by atoms with Crippen LogP contribution in [0.15, 0.2) is 59.8 Å². The molecule has 182 valence electrons. The molecule has 0 saturated carbocycles. The van der Waals surface area contributed by atoms with Crippen LogP contribution in [0.2, 0.25) is 0 Å². The maximum atomic E-state index is 12.8. The molecule has 2 aromatic carbocycles. The van der Waals surface area contributed by atoms with Crippen molar-refractivity contribution < 1.29 is 17.9 Å². The van der Waals surface area contributed by atoms with E-state index in [9.17, 15) is 8.42 Å². The van der Waals surface area contributed by atoms with E-state index < -0.39 is 10.0 Å². The van der Waals surface area contributed by atoms with Crippen LogP contribution in [0.1, 0.15) is 29.4 Å². The number of nitrogens with zero attached hydrogens (tertiary/aromatic N) is 4. The average Bonchev–Trinajstić information content (AvgIpc) is 3.09. The topological polar surface area (TPSA) is 108 Å². The SMILES string of the molecule is CCOc1ccc(S(=O)(=O)Nc2ccc(Oc3cc(-n4nc(C)c(C)c4C)ncn3)cc2)cc1C. The first-order valence-electron chi connectivity index (χ1n) is 11.1. The molecule has 2 aromatic heterocycles. The van der Waals surface area contributed by atoms with E-state index in [0.29, 0.717) is 35.5 Å². The molecule has 0 spiro atoms. The minimum atomic E-state index is -3.76. The van der Waals surface area contributed by atoms with E-state index in [1.165, 1.54) is 12.4 Å². The second-order valence-corrected chi connectivity index (χ2v) is 9.70. The van der Waals surface area contributed by atoms with Gasteiger partial charge in [0.2, 0.25) is 5.88 Å². The first-order chi connectivity index (χ1) is 16.7. The van der Waals surface area contributed by atoms with E-state index >= 15 is 0 Å². The van der Waals surface area contributed by atoms with Crippen LogP contribution in [0.25, 0.3) is 5.82 Å². The molecule has 0 bridgehead atoms. The van der Waals surface area contributed by atoms with E-state index in [2.05, 4.69) is 19.8 Å². The van der Waals surface area contributed by atoms with Crippen LogP contribution in [0.4, 0.5) is 5.69 Å². The Labute approximate surface area is 204 Å². The Morgan fingerprint density at radius 2 is 1.71 bits per heavy atom. The Hall–Kier alpha value is -3.92. The Bertz CT molecular complexity index is 1460. The summed E-state index contributed by atoms with van der Waals surface area (Å²) < 4.78 is 41.3. The number of rotatable bonds is 8. The highest BCUT2D eigenvalue weighted by molar-refractivity contribution is 7.92. The number of anilines is 1. The second-order valence-electron chi connectivity index (χ2n) is 8.01. The van der Waals surface area contributed by atoms with Gasteiger partial charge in [0, 0.05) is 17.4 Å². The molecule has 0 saturated heterocycles. The van der Waals surface area contributed by atoms with Gasteiger partial charge < -0.3 is 9.47 Å². The molecule has 0 unspecified atom stereocenters. The molecule has 0 aliphatic carbocycles. The number of nitrogens with one attached hydrogen (secondary N) is 1. The summed E-state index contributed by atoms with van der Waals surface area (Å²) in [6.45, 7) is 10.1. The molecule has 0 aliphatic rings. The van der Waals surface area contributed by atoms with Crippen molar-refractivity contribution in [1.82, 2.24) is 19.7 Å². The summed E-state index contributed by atoms with van der Waals surface area (Å²) in [7, 11) is -3.76. The van der Waals surface area contributed by atoms with Crippen molar-refractivity contribution in [2.24, 2.45) is 0 Å². The Morgan fingerprint density at radius 3 is 2.34 bits per heavy atom. The van der Waals surface area contributed by atoms with Crippen molar-refractivity contribution in [3.8, 4) is 23.2 Å². The summed E-state index contributed by atoms with van der Waals surface area (Å²) in [6, 6.07) is 13.0. The predicted molar refractivity (Wildman–Crippen MR) is 133 cm³/mol. The maximum Gasteiger partial charge on any atom is 0.261 e. The van der Waals surface area contributed by atoms with Crippen molar-refractivity contribution in [1.29, 1.82) is 0 Å². The minimum absolute atomic E-state index is 0.159. The number of ether oxygens (including phenoxy) is 2. The Morgan fingerprint density at radius 1 is 0.971 bits per heavy atom. The van der Waals surface area contributed by atoms with E-state index in [-0.39, 0.29) is 4.90 Å². The first-order valence-corrected chi connectivity index (χ1v) is 12.6. The van der Waals surface area contributed by atoms with Gasteiger partial charge in [0.1, 0.15) is 17.8 Å². The van der Waals surface area contributed by atoms with Gasteiger partial charge in [-0.1, -0.05) is 0 Å². The fraction of sp³-hybridized carbons (Fsp3) is 0.240. The molecular formula is C25H27N5O4S. The molecular weight excluding hydrogens is 466 g/mol. The number of hydrogen-bond acceptors (Lipinski definition) is 7. The Balaban J connectivity index is 1.48. The zero-order valence-corrected chi connectivity index (χ0v) is 21.0. The summed E-state index contributed by atoms with van der Waals surface area (Å²) in [5.41, 5.74) is 4.18. The molecule has 0 aliphatic heterocycles. The summed E-state index contributed by atoms with van der Waals surface area (Å²) in [4.78, 5) is 8.63. The number of benzene rings is 2. The maximum absolute atomic E-state index is 12.8. The molecule has 4 rings (SSSR count). The van der Waals surface area contributed by atoms with Gasteiger partial charge in [0.25, 0.3) is 10.0 Å². The highest BCUT2D eigenvalue weighted by Crippen LogP contribution is 2.26. The normalized spacial score (nSPS) is 11.3. The summed E-state index contributed by atoms with van der Waals surface area (Å²) in [5.74, 6) is 2.10. The quantitative estimate of drug-likeness (QED) is 0.372. The molecule has 9 nitrogen and oxygen atoms in total. The summed E-state index contributed by atoms with van der Waals surface area (Å²) in [6.07, 6.45) is 1.41. The van der Waals surface area contributed by atoms with Crippen molar-refractivity contribution in [3.63, 3.8) is 0 Å². The van der Waals surface area contributed by atoms with E-state index in [1.807, 2.05) is 34.6 Å². The Kier molecular flexibility index (Phi) is 6.74. The van der Waals surface area contributed by atoms with Gasteiger partial charge in [0.15, 0.2) is 5.82 Å². The zero-order valence-electron chi connectivity index (χ0n) is 20.2. The van der Waals surface area contributed by atoms with Crippen LogP contribution in [0.3, 0.4) is 0 Å². The highest BCUT2D eigenvalue weighted by atomic mass is 32.2. The fourth-order valence-corrected chi connectivity index (χ4v) is 4.62. The van der Waals surface area contributed by atoms with Crippen LogP contribution >= 0.6 is 0 Å². The van der Waals surface area contributed by atoms with E-state index in [4.69, 9.17) is 9.47 Å². The number of sulfonamides is 1. The highest BCUT2D eigenvalue weighted by Gasteiger charge is 2.16. The number of aryl methyl sites for hydroxylation is 2. The van der Waals surface area contributed by atoms with Crippen LogP contribution in [0, 0.1) is 27.7 Å². The molecule has 10 heteroatoms. The molecule has 4 aromatic rings. The first kappa shape index (κ1) is 24.2. The average molecular weight is 494 g/mol. The zero-order chi connectivity index (χ0) is 25.2. The second kappa shape index (κ2) is 9.75. The van der Waals surface area contributed by atoms with Gasteiger partial charge in [-0.15, -0.1) is 0 Å². The van der Waals surface area contributed by atoms with Crippen LogP contribution in [-0.2, 0) is 10.0 Å². The van der Waals surface area contributed by atoms with Gasteiger partial charge >= 0.3 is 0 Å². The van der Waals surface area contributed by atoms with Crippen molar-refractivity contribution in [3.05, 3.63) is 77.4 Å². The molecule has 0 amide bonds. The number of aromatic nitrogens is 4. The minimum Gasteiger partial charge on any atom is -0.494 e. The molecule has 0 radical (unpaired) electrons. The van der Waals surface area contributed by atoms with Crippen LogP contribution in [0.5, 0.6) is 17.4 Å². The van der Waals surface area contributed by atoms with E-state index in [0.717, 1.165) is 22.5 Å². The summed E-state index contributed by atoms with van der Waals surface area (Å²) in [5, 5.41) is 4.52. The van der Waals surface area contributed by atoms with Gasteiger partial charge in [0.05, 0.1) is 17.2 Å². The van der Waals surface area contributed by atoms with E-state index in [1.54, 1.807) is 47.1 Å². The third-order valence-electron chi connectivity index (χ3n) is 5.58. The number of hydrogen-bond donors (Lipinski definition) is 1. The van der Waals surface area contributed by atoms with Gasteiger partial charge in [-0.2, -0.15) is 5.10 Å². The van der Waals surface area contributed by atoms with Gasteiger partial charge in [-0.05, 0) is 88.2 Å².